The van der Waals surface area contributed by atoms with Gasteiger partial charge in [0.25, 0.3) is 0 Å². The molecule has 1 N–H and O–H groups in total. The Hall–Kier alpha value is -1.55. The van der Waals surface area contributed by atoms with Crippen LogP contribution in [0.3, 0.4) is 0 Å². The highest BCUT2D eigenvalue weighted by atomic mass is 16.5. The van der Waals surface area contributed by atoms with E-state index in [4.69, 9.17) is 9.47 Å². The van der Waals surface area contributed by atoms with Crippen LogP contribution in [0.1, 0.15) is 19.4 Å². The van der Waals surface area contributed by atoms with Gasteiger partial charge in [0.15, 0.2) is 0 Å². The highest BCUT2D eigenvalue weighted by Gasteiger charge is 2.20. The van der Waals surface area contributed by atoms with E-state index in [9.17, 15) is 4.79 Å². The van der Waals surface area contributed by atoms with Crippen LogP contribution in [-0.2, 0) is 16.1 Å². The smallest absolute Gasteiger partial charge is 0.309 e. The molecule has 0 spiro atoms. The molecule has 0 saturated heterocycles. The molecule has 2 atom stereocenters. The van der Waals surface area contributed by atoms with Crippen molar-refractivity contribution in [1.29, 1.82) is 0 Å². The molecule has 0 bridgehead atoms. The van der Waals surface area contributed by atoms with Crippen LogP contribution in [0.25, 0.3) is 0 Å². The summed E-state index contributed by atoms with van der Waals surface area (Å²) in [7, 11) is 3.06. The summed E-state index contributed by atoms with van der Waals surface area (Å²) in [4.78, 5) is 11.4. The largest absolute Gasteiger partial charge is 0.496 e. The SMILES string of the molecule is COC(=O)C(C)C(C)NCc1ccccc1OC. The van der Waals surface area contributed by atoms with Crippen molar-refractivity contribution < 1.29 is 14.3 Å². The molecule has 0 aliphatic heterocycles. The Kier molecular flexibility index (Phi) is 5.65. The minimum Gasteiger partial charge on any atom is -0.496 e. The van der Waals surface area contributed by atoms with E-state index < -0.39 is 0 Å². The lowest BCUT2D eigenvalue weighted by molar-refractivity contribution is -0.145. The van der Waals surface area contributed by atoms with Crippen LogP contribution in [0.4, 0.5) is 0 Å². The van der Waals surface area contributed by atoms with E-state index in [1.807, 2.05) is 38.1 Å². The first kappa shape index (κ1) is 14.5. The summed E-state index contributed by atoms with van der Waals surface area (Å²) in [5.74, 6) is 0.475. The third-order valence-corrected chi connectivity index (χ3v) is 3.13. The molecule has 1 aromatic carbocycles. The molecule has 1 rings (SSSR count). The Morgan fingerprint density at radius 2 is 1.94 bits per heavy atom. The zero-order valence-corrected chi connectivity index (χ0v) is 11.4. The third kappa shape index (κ3) is 3.74. The molecule has 4 nitrogen and oxygen atoms in total. The van der Waals surface area contributed by atoms with Crippen molar-refractivity contribution in [2.45, 2.75) is 26.4 Å². The maximum atomic E-state index is 11.4. The first-order chi connectivity index (χ1) is 8.60. The van der Waals surface area contributed by atoms with Crippen LogP contribution < -0.4 is 10.1 Å². The van der Waals surface area contributed by atoms with E-state index in [-0.39, 0.29) is 17.9 Å². The Bertz CT molecular complexity index is 392. The van der Waals surface area contributed by atoms with Gasteiger partial charge in [-0.2, -0.15) is 0 Å². The fourth-order valence-corrected chi connectivity index (χ4v) is 1.69. The van der Waals surface area contributed by atoms with E-state index in [2.05, 4.69) is 5.32 Å². The lowest BCUT2D eigenvalue weighted by Crippen LogP contribution is -2.36. The second kappa shape index (κ2) is 7.01. The molecule has 0 aliphatic carbocycles. The predicted molar refractivity (Wildman–Crippen MR) is 70.5 cm³/mol. The molecule has 2 unspecified atom stereocenters. The summed E-state index contributed by atoms with van der Waals surface area (Å²) in [6.45, 7) is 4.48. The van der Waals surface area contributed by atoms with Gasteiger partial charge in [0.2, 0.25) is 0 Å². The number of hydrogen-bond acceptors (Lipinski definition) is 4. The minimum absolute atomic E-state index is 0.0439. The highest BCUT2D eigenvalue weighted by molar-refractivity contribution is 5.72. The van der Waals surface area contributed by atoms with Crippen LogP contribution in [-0.4, -0.2) is 26.2 Å². The van der Waals surface area contributed by atoms with E-state index in [1.165, 1.54) is 7.11 Å². The van der Waals surface area contributed by atoms with Crippen molar-refractivity contribution in [3.05, 3.63) is 29.8 Å². The zero-order valence-electron chi connectivity index (χ0n) is 11.4. The van der Waals surface area contributed by atoms with Crippen LogP contribution in [0.5, 0.6) is 5.75 Å². The monoisotopic (exact) mass is 251 g/mol. The van der Waals surface area contributed by atoms with Crippen LogP contribution >= 0.6 is 0 Å². The quantitative estimate of drug-likeness (QED) is 0.785. The molecule has 0 fully saturated rings. The topological polar surface area (TPSA) is 47.6 Å². The number of esters is 1. The van der Waals surface area contributed by atoms with Gasteiger partial charge in [0.05, 0.1) is 20.1 Å². The molecule has 1 aromatic rings. The Morgan fingerprint density at radius 3 is 2.56 bits per heavy atom. The van der Waals surface area contributed by atoms with E-state index in [0.717, 1.165) is 11.3 Å². The van der Waals surface area contributed by atoms with Crippen LogP contribution in [0.2, 0.25) is 0 Å². The van der Waals surface area contributed by atoms with Gasteiger partial charge in [0.1, 0.15) is 5.75 Å². The van der Waals surface area contributed by atoms with Crippen LogP contribution in [0.15, 0.2) is 24.3 Å². The van der Waals surface area contributed by atoms with Gasteiger partial charge in [-0.15, -0.1) is 0 Å². The summed E-state index contributed by atoms with van der Waals surface area (Å²) in [5.41, 5.74) is 1.07. The predicted octanol–water partition coefficient (Wildman–Crippen LogP) is 1.98. The number of methoxy groups -OCH3 is 2. The van der Waals surface area contributed by atoms with Crippen molar-refractivity contribution >= 4 is 5.97 Å². The van der Waals surface area contributed by atoms with Gasteiger partial charge in [-0.05, 0) is 13.0 Å². The minimum atomic E-state index is -0.199. The van der Waals surface area contributed by atoms with Crippen molar-refractivity contribution in [2.24, 2.45) is 5.92 Å². The van der Waals surface area contributed by atoms with Crippen molar-refractivity contribution in [3.8, 4) is 5.75 Å². The molecule has 0 radical (unpaired) electrons. The number of ether oxygens (including phenoxy) is 2. The van der Waals surface area contributed by atoms with Crippen molar-refractivity contribution in [2.75, 3.05) is 14.2 Å². The first-order valence-electron chi connectivity index (χ1n) is 6.03. The lowest BCUT2D eigenvalue weighted by atomic mass is 10.0. The lowest BCUT2D eigenvalue weighted by Gasteiger charge is -2.20. The second-order valence-corrected chi connectivity index (χ2v) is 4.29. The zero-order chi connectivity index (χ0) is 13.5. The Balaban J connectivity index is 2.57. The van der Waals surface area contributed by atoms with Crippen molar-refractivity contribution in [1.82, 2.24) is 5.32 Å². The summed E-state index contributed by atoms with van der Waals surface area (Å²) in [6.07, 6.45) is 0. The van der Waals surface area contributed by atoms with Crippen LogP contribution in [0, 0.1) is 5.92 Å². The van der Waals surface area contributed by atoms with Gasteiger partial charge in [0, 0.05) is 18.2 Å². The summed E-state index contributed by atoms with van der Waals surface area (Å²) in [6, 6.07) is 7.87. The Labute approximate surface area is 108 Å². The molecule has 18 heavy (non-hydrogen) atoms. The van der Waals surface area contributed by atoms with Gasteiger partial charge in [-0.1, -0.05) is 25.1 Å². The first-order valence-corrected chi connectivity index (χ1v) is 6.03. The third-order valence-electron chi connectivity index (χ3n) is 3.13. The fourth-order valence-electron chi connectivity index (χ4n) is 1.69. The van der Waals surface area contributed by atoms with E-state index in [1.54, 1.807) is 7.11 Å². The molecule has 100 valence electrons. The molecule has 4 heteroatoms. The fraction of sp³-hybridized carbons (Fsp3) is 0.500. The van der Waals surface area contributed by atoms with Crippen molar-refractivity contribution in [3.63, 3.8) is 0 Å². The molecule has 0 aromatic heterocycles. The number of hydrogen-bond donors (Lipinski definition) is 1. The highest BCUT2D eigenvalue weighted by Crippen LogP contribution is 2.17. The normalized spacial score (nSPS) is 13.8. The van der Waals surface area contributed by atoms with Gasteiger partial charge in [-0.3, -0.25) is 4.79 Å². The number of rotatable bonds is 6. The second-order valence-electron chi connectivity index (χ2n) is 4.29. The van der Waals surface area contributed by atoms with Gasteiger partial charge >= 0.3 is 5.97 Å². The van der Waals surface area contributed by atoms with E-state index >= 15 is 0 Å². The number of nitrogens with one attached hydrogen (secondary N) is 1. The molecule has 0 saturated carbocycles. The summed E-state index contributed by atoms with van der Waals surface area (Å²) < 4.78 is 10.0. The summed E-state index contributed by atoms with van der Waals surface area (Å²) >= 11 is 0. The maximum absolute atomic E-state index is 11.4. The number of carbonyl (C=O) groups is 1. The Morgan fingerprint density at radius 1 is 1.28 bits per heavy atom. The number of benzene rings is 1. The van der Waals surface area contributed by atoms with Gasteiger partial charge in [-0.25, -0.2) is 0 Å². The summed E-state index contributed by atoms with van der Waals surface area (Å²) in [5, 5.41) is 3.31. The number of para-hydroxylation sites is 1. The standard InChI is InChI=1S/C14H21NO3/c1-10(14(16)18-4)11(2)15-9-12-7-5-6-8-13(12)17-3/h5-8,10-11,15H,9H2,1-4H3. The molecule has 0 heterocycles. The molecule has 0 aliphatic rings. The molecular weight excluding hydrogens is 230 g/mol. The molecular formula is C14H21NO3. The van der Waals surface area contributed by atoms with Gasteiger partial charge < -0.3 is 14.8 Å². The molecule has 0 amide bonds. The van der Waals surface area contributed by atoms with E-state index in [0.29, 0.717) is 6.54 Å². The number of carbonyl (C=O) groups excluding carboxylic acids is 1. The maximum Gasteiger partial charge on any atom is 0.309 e. The average molecular weight is 251 g/mol. The average Bonchev–Trinajstić information content (AvgIpc) is 2.43.